The second-order valence-corrected chi connectivity index (χ2v) is 6.47. The highest BCUT2D eigenvalue weighted by atomic mass is 32.1. The van der Waals surface area contributed by atoms with E-state index in [1.807, 2.05) is 24.3 Å². The summed E-state index contributed by atoms with van der Waals surface area (Å²) in [4.78, 5) is 18.6. The summed E-state index contributed by atoms with van der Waals surface area (Å²) in [6.45, 7) is 2.40. The van der Waals surface area contributed by atoms with Crippen molar-refractivity contribution in [2.24, 2.45) is 5.92 Å². The Morgan fingerprint density at radius 2 is 2.14 bits per heavy atom. The molecule has 0 aliphatic carbocycles. The Balaban J connectivity index is 1.54. The third-order valence-electron chi connectivity index (χ3n) is 3.87. The summed E-state index contributed by atoms with van der Waals surface area (Å²) >= 11 is 1.50. The fraction of sp³-hybridized carbons (Fsp3) is 0.467. The van der Waals surface area contributed by atoms with Crippen molar-refractivity contribution >= 4 is 32.6 Å². The molecule has 0 bridgehead atoms. The Kier molecular flexibility index (Phi) is 4.48. The van der Waals surface area contributed by atoms with Crippen LogP contribution >= 0.6 is 11.3 Å². The molecule has 112 valence electrons. The van der Waals surface area contributed by atoms with Crippen LogP contribution in [-0.4, -0.2) is 47.1 Å². The van der Waals surface area contributed by atoms with E-state index in [4.69, 9.17) is 5.11 Å². The van der Waals surface area contributed by atoms with E-state index < -0.39 is 0 Å². The SMILES string of the molecule is O=C(CN1CCC(CO)CC1)Nc1nc2ccccc2s1. The van der Waals surface area contributed by atoms with Gasteiger partial charge in [-0.25, -0.2) is 4.98 Å². The van der Waals surface area contributed by atoms with Crippen molar-refractivity contribution in [3.8, 4) is 0 Å². The third-order valence-corrected chi connectivity index (χ3v) is 4.82. The number of para-hydroxylation sites is 1. The zero-order valence-corrected chi connectivity index (χ0v) is 12.6. The first-order valence-corrected chi connectivity index (χ1v) is 8.05. The highest BCUT2D eigenvalue weighted by Crippen LogP contribution is 2.25. The second-order valence-electron chi connectivity index (χ2n) is 5.44. The number of aromatic nitrogens is 1. The molecule has 0 spiro atoms. The summed E-state index contributed by atoms with van der Waals surface area (Å²) < 4.78 is 1.08. The Morgan fingerprint density at radius 3 is 2.86 bits per heavy atom. The number of likely N-dealkylation sites (tertiary alicyclic amines) is 1. The van der Waals surface area contributed by atoms with Gasteiger partial charge >= 0.3 is 0 Å². The first kappa shape index (κ1) is 14.4. The number of nitrogens with one attached hydrogen (secondary N) is 1. The van der Waals surface area contributed by atoms with Gasteiger partial charge in [-0.15, -0.1) is 0 Å². The van der Waals surface area contributed by atoms with Gasteiger partial charge in [0.2, 0.25) is 5.91 Å². The largest absolute Gasteiger partial charge is 0.396 e. The van der Waals surface area contributed by atoms with Crippen molar-refractivity contribution in [1.82, 2.24) is 9.88 Å². The van der Waals surface area contributed by atoms with Crippen LogP contribution in [0.25, 0.3) is 10.2 Å². The predicted octanol–water partition coefficient (Wildman–Crippen LogP) is 1.94. The number of fused-ring (bicyclic) bond motifs is 1. The number of piperidine rings is 1. The van der Waals surface area contributed by atoms with Crippen molar-refractivity contribution in [2.75, 3.05) is 31.6 Å². The first-order valence-electron chi connectivity index (χ1n) is 7.23. The molecule has 1 aliphatic heterocycles. The van der Waals surface area contributed by atoms with E-state index in [1.54, 1.807) is 0 Å². The van der Waals surface area contributed by atoms with E-state index in [9.17, 15) is 4.79 Å². The summed E-state index contributed by atoms with van der Waals surface area (Å²) in [5.74, 6) is 0.380. The van der Waals surface area contributed by atoms with Gasteiger partial charge in [0, 0.05) is 6.61 Å². The monoisotopic (exact) mass is 305 g/mol. The van der Waals surface area contributed by atoms with Crippen LogP contribution in [0, 0.1) is 5.92 Å². The summed E-state index contributed by atoms with van der Waals surface area (Å²) in [6, 6.07) is 7.86. The summed E-state index contributed by atoms with van der Waals surface area (Å²) in [6.07, 6.45) is 1.93. The van der Waals surface area contributed by atoms with E-state index in [2.05, 4.69) is 15.2 Å². The quantitative estimate of drug-likeness (QED) is 0.906. The van der Waals surface area contributed by atoms with Gasteiger partial charge in [0.25, 0.3) is 0 Å². The minimum Gasteiger partial charge on any atom is -0.396 e. The topological polar surface area (TPSA) is 65.5 Å². The number of aliphatic hydroxyl groups excluding tert-OH is 1. The van der Waals surface area contributed by atoms with Crippen LogP contribution < -0.4 is 5.32 Å². The van der Waals surface area contributed by atoms with E-state index in [1.165, 1.54) is 11.3 Å². The molecule has 0 atom stereocenters. The Labute approximate surface area is 127 Å². The third kappa shape index (κ3) is 3.58. The lowest BCUT2D eigenvalue weighted by Gasteiger charge is -2.30. The number of carbonyl (C=O) groups excluding carboxylic acids is 1. The lowest BCUT2D eigenvalue weighted by atomic mass is 9.98. The Morgan fingerprint density at radius 1 is 1.38 bits per heavy atom. The molecule has 0 saturated carbocycles. The number of rotatable bonds is 4. The molecular formula is C15H19N3O2S. The average Bonchev–Trinajstić information content (AvgIpc) is 2.90. The molecule has 1 saturated heterocycles. The zero-order chi connectivity index (χ0) is 14.7. The zero-order valence-electron chi connectivity index (χ0n) is 11.8. The fourth-order valence-corrected chi connectivity index (χ4v) is 3.50. The van der Waals surface area contributed by atoms with Crippen LogP contribution in [0.1, 0.15) is 12.8 Å². The predicted molar refractivity (Wildman–Crippen MR) is 84.5 cm³/mol. The van der Waals surface area contributed by atoms with Gasteiger partial charge < -0.3 is 10.4 Å². The minimum atomic E-state index is -0.0171. The molecule has 2 heterocycles. The molecule has 5 nitrogen and oxygen atoms in total. The number of anilines is 1. The van der Waals surface area contributed by atoms with Crippen LogP contribution in [-0.2, 0) is 4.79 Å². The Hall–Kier alpha value is -1.50. The molecule has 1 aromatic carbocycles. The molecule has 0 unspecified atom stereocenters. The molecule has 1 fully saturated rings. The first-order chi connectivity index (χ1) is 10.2. The van der Waals surface area contributed by atoms with E-state index in [0.717, 1.165) is 36.1 Å². The van der Waals surface area contributed by atoms with Crippen molar-refractivity contribution in [3.63, 3.8) is 0 Å². The van der Waals surface area contributed by atoms with Gasteiger partial charge in [0.05, 0.1) is 16.8 Å². The highest BCUT2D eigenvalue weighted by molar-refractivity contribution is 7.22. The fourth-order valence-electron chi connectivity index (χ4n) is 2.61. The number of thiazole rings is 1. The molecule has 3 rings (SSSR count). The van der Waals surface area contributed by atoms with Crippen LogP contribution in [0.15, 0.2) is 24.3 Å². The van der Waals surface area contributed by atoms with Crippen LogP contribution in [0.3, 0.4) is 0 Å². The number of hydrogen-bond acceptors (Lipinski definition) is 5. The van der Waals surface area contributed by atoms with Gasteiger partial charge in [-0.1, -0.05) is 23.5 Å². The van der Waals surface area contributed by atoms with Crippen molar-refractivity contribution < 1.29 is 9.90 Å². The molecule has 0 radical (unpaired) electrons. The average molecular weight is 305 g/mol. The van der Waals surface area contributed by atoms with E-state index in [0.29, 0.717) is 17.6 Å². The maximum absolute atomic E-state index is 12.1. The second kappa shape index (κ2) is 6.51. The number of aliphatic hydroxyl groups is 1. The number of benzene rings is 1. The normalized spacial score (nSPS) is 17.2. The molecular weight excluding hydrogens is 286 g/mol. The minimum absolute atomic E-state index is 0.0171. The maximum atomic E-state index is 12.1. The Bertz CT molecular complexity index is 587. The van der Waals surface area contributed by atoms with Crippen LogP contribution in [0.5, 0.6) is 0 Å². The summed E-state index contributed by atoms with van der Waals surface area (Å²) in [7, 11) is 0. The standard InChI is InChI=1S/C15H19N3O2S/c19-10-11-5-7-18(8-6-11)9-14(20)17-15-16-12-3-1-2-4-13(12)21-15/h1-4,11,19H,5-10H2,(H,16,17,20). The molecule has 1 aliphatic rings. The molecule has 1 amide bonds. The van der Waals surface area contributed by atoms with Gasteiger partial charge in [-0.2, -0.15) is 0 Å². The lowest BCUT2D eigenvalue weighted by molar-refractivity contribution is -0.117. The van der Waals surface area contributed by atoms with Gasteiger partial charge in [0.15, 0.2) is 5.13 Å². The van der Waals surface area contributed by atoms with Crippen molar-refractivity contribution in [1.29, 1.82) is 0 Å². The van der Waals surface area contributed by atoms with Gasteiger partial charge in [0.1, 0.15) is 0 Å². The molecule has 2 aromatic rings. The molecule has 1 aromatic heterocycles. The summed E-state index contributed by atoms with van der Waals surface area (Å²) in [5, 5.41) is 12.7. The molecule has 21 heavy (non-hydrogen) atoms. The van der Waals surface area contributed by atoms with Gasteiger partial charge in [-0.3, -0.25) is 9.69 Å². The molecule has 2 N–H and O–H groups in total. The highest BCUT2D eigenvalue weighted by Gasteiger charge is 2.20. The summed E-state index contributed by atoms with van der Waals surface area (Å²) in [5.41, 5.74) is 0.918. The van der Waals surface area contributed by atoms with Crippen LogP contribution in [0.2, 0.25) is 0 Å². The number of nitrogens with zero attached hydrogens (tertiary/aromatic N) is 2. The smallest absolute Gasteiger partial charge is 0.240 e. The van der Waals surface area contributed by atoms with Gasteiger partial charge in [-0.05, 0) is 44.0 Å². The van der Waals surface area contributed by atoms with Crippen molar-refractivity contribution in [2.45, 2.75) is 12.8 Å². The van der Waals surface area contributed by atoms with Crippen LogP contribution in [0.4, 0.5) is 5.13 Å². The number of carbonyl (C=O) groups is 1. The lowest BCUT2D eigenvalue weighted by Crippen LogP contribution is -2.39. The maximum Gasteiger partial charge on any atom is 0.240 e. The van der Waals surface area contributed by atoms with E-state index in [-0.39, 0.29) is 12.5 Å². The van der Waals surface area contributed by atoms with E-state index >= 15 is 0 Å². The number of hydrogen-bond donors (Lipinski definition) is 2. The number of amides is 1. The molecule has 6 heteroatoms. The van der Waals surface area contributed by atoms with Crippen molar-refractivity contribution in [3.05, 3.63) is 24.3 Å².